The molecule has 120 valence electrons. The van der Waals surface area contributed by atoms with Crippen molar-refractivity contribution in [2.75, 3.05) is 13.7 Å². The van der Waals surface area contributed by atoms with E-state index in [-0.39, 0.29) is 0 Å². The third-order valence-corrected chi connectivity index (χ3v) is 3.42. The largest absolute Gasteiger partial charge is 0.493 e. The summed E-state index contributed by atoms with van der Waals surface area (Å²) < 4.78 is 16.7. The van der Waals surface area contributed by atoms with Gasteiger partial charge in [0.15, 0.2) is 11.5 Å². The Hall–Kier alpha value is -1.94. The molecule has 0 spiro atoms. The van der Waals surface area contributed by atoms with Crippen LogP contribution in [0.5, 0.6) is 11.5 Å². The maximum atomic E-state index is 5.97. The number of hydrogen-bond donors (Lipinski definition) is 1. The van der Waals surface area contributed by atoms with Gasteiger partial charge in [0, 0.05) is 12.1 Å². The first-order chi connectivity index (χ1) is 10.7. The Bertz CT molecular complexity index is 549. The summed E-state index contributed by atoms with van der Waals surface area (Å²) in [5.41, 5.74) is 1.09. The van der Waals surface area contributed by atoms with Crippen molar-refractivity contribution in [1.29, 1.82) is 0 Å². The van der Waals surface area contributed by atoms with E-state index in [0.717, 1.165) is 29.2 Å². The molecular weight excluding hydrogens is 278 g/mol. The van der Waals surface area contributed by atoms with Crippen LogP contribution in [0.2, 0.25) is 0 Å². The Morgan fingerprint density at radius 3 is 2.68 bits per heavy atom. The van der Waals surface area contributed by atoms with E-state index in [1.807, 2.05) is 24.3 Å². The van der Waals surface area contributed by atoms with E-state index in [1.165, 1.54) is 0 Å². The topological polar surface area (TPSA) is 43.6 Å². The predicted molar refractivity (Wildman–Crippen MR) is 87.2 cm³/mol. The first kappa shape index (κ1) is 16.4. The van der Waals surface area contributed by atoms with E-state index in [0.29, 0.717) is 25.6 Å². The molecule has 0 radical (unpaired) electrons. The van der Waals surface area contributed by atoms with E-state index in [4.69, 9.17) is 13.9 Å². The maximum Gasteiger partial charge on any atom is 0.165 e. The van der Waals surface area contributed by atoms with Gasteiger partial charge in [0.1, 0.15) is 5.76 Å². The molecule has 1 heterocycles. The molecule has 2 rings (SSSR count). The molecular formula is C18H25NO3. The van der Waals surface area contributed by atoms with Crippen molar-refractivity contribution >= 4 is 0 Å². The second-order valence-corrected chi connectivity index (χ2v) is 5.66. The molecule has 22 heavy (non-hydrogen) atoms. The van der Waals surface area contributed by atoms with Gasteiger partial charge >= 0.3 is 0 Å². The van der Waals surface area contributed by atoms with E-state index < -0.39 is 0 Å². The van der Waals surface area contributed by atoms with Crippen molar-refractivity contribution in [1.82, 2.24) is 5.32 Å². The summed E-state index contributed by atoms with van der Waals surface area (Å²) in [7, 11) is 1.67. The zero-order valence-electron chi connectivity index (χ0n) is 13.6. The highest BCUT2D eigenvalue weighted by Gasteiger charge is 2.11. The van der Waals surface area contributed by atoms with Gasteiger partial charge in [0.05, 0.1) is 26.5 Å². The fourth-order valence-electron chi connectivity index (χ4n) is 2.16. The molecule has 0 aliphatic carbocycles. The van der Waals surface area contributed by atoms with Crippen LogP contribution in [0.3, 0.4) is 0 Å². The molecule has 0 atom stereocenters. The number of furan rings is 1. The molecule has 0 aliphatic rings. The Morgan fingerprint density at radius 2 is 2.00 bits per heavy atom. The van der Waals surface area contributed by atoms with Gasteiger partial charge in [-0.2, -0.15) is 0 Å². The number of nitrogens with one attached hydrogen (secondary N) is 1. The summed E-state index contributed by atoms with van der Waals surface area (Å²) in [5.74, 6) is 3.15. The van der Waals surface area contributed by atoms with E-state index in [2.05, 4.69) is 25.2 Å². The van der Waals surface area contributed by atoms with E-state index in [1.54, 1.807) is 13.4 Å². The molecule has 0 bridgehead atoms. The van der Waals surface area contributed by atoms with Gasteiger partial charge in [-0.05, 0) is 30.5 Å². The number of rotatable bonds is 9. The minimum atomic E-state index is 0.621. The molecule has 4 heteroatoms. The lowest BCUT2D eigenvalue weighted by atomic mass is 10.1. The van der Waals surface area contributed by atoms with Gasteiger partial charge in [-0.25, -0.2) is 0 Å². The quantitative estimate of drug-likeness (QED) is 0.760. The second kappa shape index (κ2) is 8.49. The molecule has 0 unspecified atom stereocenters. The molecule has 0 saturated heterocycles. The smallest absolute Gasteiger partial charge is 0.165 e. The van der Waals surface area contributed by atoms with Crippen LogP contribution in [-0.2, 0) is 13.1 Å². The van der Waals surface area contributed by atoms with E-state index >= 15 is 0 Å². The van der Waals surface area contributed by atoms with Crippen LogP contribution in [0, 0.1) is 5.92 Å². The Balaban J connectivity index is 1.98. The SMILES string of the molecule is COc1cccc(CNCc2ccco2)c1OCCC(C)C. The van der Waals surface area contributed by atoms with Crippen LogP contribution in [-0.4, -0.2) is 13.7 Å². The monoisotopic (exact) mass is 303 g/mol. The van der Waals surface area contributed by atoms with Gasteiger partial charge in [-0.3, -0.25) is 0 Å². The first-order valence-electron chi connectivity index (χ1n) is 7.72. The normalized spacial score (nSPS) is 10.9. The highest BCUT2D eigenvalue weighted by atomic mass is 16.5. The van der Waals surface area contributed by atoms with Crippen molar-refractivity contribution in [3.63, 3.8) is 0 Å². The third-order valence-electron chi connectivity index (χ3n) is 3.42. The summed E-state index contributed by atoms with van der Waals surface area (Å²) >= 11 is 0. The number of benzene rings is 1. The van der Waals surface area contributed by atoms with Crippen LogP contribution in [0.1, 0.15) is 31.6 Å². The van der Waals surface area contributed by atoms with E-state index in [9.17, 15) is 0 Å². The van der Waals surface area contributed by atoms with Crippen molar-refractivity contribution < 1.29 is 13.9 Å². The minimum Gasteiger partial charge on any atom is -0.493 e. The molecule has 0 fully saturated rings. The minimum absolute atomic E-state index is 0.621. The fourth-order valence-corrected chi connectivity index (χ4v) is 2.16. The molecule has 1 aromatic carbocycles. The molecule has 4 nitrogen and oxygen atoms in total. The highest BCUT2D eigenvalue weighted by molar-refractivity contribution is 5.46. The molecule has 0 amide bonds. The fraction of sp³-hybridized carbons (Fsp3) is 0.444. The van der Waals surface area contributed by atoms with Crippen molar-refractivity contribution in [3.05, 3.63) is 47.9 Å². The standard InChI is InChI=1S/C18H25NO3/c1-14(2)9-11-22-18-15(6-4-8-17(18)20-3)12-19-13-16-7-5-10-21-16/h4-8,10,14,19H,9,11-13H2,1-3H3. The molecule has 1 aromatic heterocycles. The summed E-state index contributed by atoms with van der Waals surface area (Å²) in [5, 5.41) is 3.37. The van der Waals surface area contributed by atoms with Gasteiger partial charge in [-0.15, -0.1) is 0 Å². The molecule has 2 aromatic rings. The first-order valence-corrected chi connectivity index (χ1v) is 7.72. The Labute approximate surface area is 132 Å². The van der Waals surface area contributed by atoms with Crippen LogP contribution in [0.4, 0.5) is 0 Å². The predicted octanol–water partition coefficient (Wildman–Crippen LogP) is 4.00. The Morgan fingerprint density at radius 1 is 1.14 bits per heavy atom. The number of hydrogen-bond acceptors (Lipinski definition) is 4. The highest BCUT2D eigenvalue weighted by Crippen LogP contribution is 2.31. The number of methoxy groups -OCH3 is 1. The summed E-state index contributed by atoms with van der Waals surface area (Å²) in [6.45, 7) is 6.47. The van der Waals surface area contributed by atoms with Crippen molar-refractivity contribution in [2.24, 2.45) is 5.92 Å². The summed E-state index contributed by atoms with van der Waals surface area (Å²) in [6.07, 6.45) is 2.71. The van der Waals surface area contributed by atoms with Crippen LogP contribution >= 0.6 is 0 Å². The average molecular weight is 303 g/mol. The average Bonchev–Trinajstić information content (AvgIpc) is 3.01. The van der Waals surface area contributed by atoms with Crippen molar-refractivity contribution in [3.8, 4) is 11.5 Å². The molecule has 1 N–H and O–H groups in total. The van der Waals surface area contributed by atoms with Crippen LogP contribution in [0.25, 0.3) is 0 Å². The summed E-state index contributed by atoms with van der Waals surface area (Å²) in [4.78, 5) is 0. The number of para-hydroxylation sites is 1. The van der Waals surface area contributed by atoms with Crippen LogP contribution in [0.15, 0.2) is 41.0 Å². The molecule has 0 saturated carbocycles. The van der Waals surface area contributed by atoms with Crippen molar-refractivity contribution in [2.45, 2.75) is 33.4 Å². The molecule has 0 aliphatic heterocycles. The Kier molecular flexibility index (Phi) is 6.34. The lowest BCUT2D eigenvalue weighted by molar-refractivity contribution is 0.269. The second-order valence-electron chi connectivity index (χ2n) is 5.66. The maximum absolute atomic E-state index is 5.97. The summed E-state index contributed by atoms with van der Waals surface area (Å²) in [6, 6.07) is 9.82. The number of ether oxygens (including phenoxy) is 2. The third kappa shape index (κ3) is 4.81. The van der Waals surface area contributed by atoms with Gasteiger partial charge in [-0.1, -0.05) is 26.0 Å². The lowest BCUT2D eigenvalue weighted by Crippen LogP contribution is -2.14. The van der Waals surface area contributed by atoms with Gasteiger partial charge in [0.2, 0.25) is 0 Å². The zero-order valence-corrected chi connectivity index (χ0v) is 13.6. The van der Waals surface area contributed by atoms with Gasteiger partial charge in [0.25, 0.3) is 0 Å². The lowest BCUT2D eigenvalue weighted by Gasteiger charge is -2.16. The zero-order chi connectivity index (χ0) is 15.8. The van der Waals surface area contributed by atoms with Crippen LogP contribution < -0.4 is 14.8 Å². The van der Waals surface area contributed by atoms with Gasteiger partial charge < -0.3 is 19.2 Å².